The monoisotopic (exact) mass is 607 g/mol. The molecule has 9 aromatic carbocycles. The van der Waals surface area contributed by atoms with Crippen LogP contribution in [0.15, 0.2) is 176 Å². The Hall–Kier alpha value is -6.49. The normalized spacial score (nSPS) is 11.3. The third kappa shape index (κ3) is 4.32. The summed E-state index contributed by atoms with van der Waals surface area (Å²) in [5.41, 5.74) is 9.73. The van der Waals surface area contributed by atoms with Crippen molar-refractivity contribution in [3.05, 3.63) is 181 Å². The van der Waals surface area contributed by atoms with Crippen molar-refractivity contribution in [3.8, 4) is 50.6 Å². The van der Waals surface area contributed by atoms with E-state index >= 15 is 0 Å². The lowest BCUT2D eigenvalue weighted by molar-refractivity contribution is 1.48. The van der Waals surface area contributed by atoms with Gasteiger partial charge in [0.1, 0.15) is 0 Å². The fourth-order valence-corrected chi connectivity index (χ4v) is 7.70. The Bertz CT molecular complexity index is 2600. The quantitative estimate of drug-likeness (QED) is 0.183. The number of nitrogens with zero attached hydrogens (tertiary/aromatic N) is 1. The van der Waals surface area contributed by atoms with Crippen LogP contribution in [-0.2, 0) is 0 Å². The van der Waals surface area contributed by atoms with Crippen LogP contribution >= 0.6 is 0 Å². The second-order valence-corrected chi connectivity index (χ2v) is 12.3. The Labute approximate surface area is 279 Å². The van der Waals surface area contributed by atoms with E-state index in [-0.39, 0.29) is 0 Å². The van der Waals surface area contributed by atoms with Gasteiger partial charge in [-0.3, -0.25) is 0 Å². The maximum atomic E-state index is 10.8. The molecule has 0 radical (unpaired) electrons. The van der Waals surface area contributed by atoms with Crippen LogP contribution in [-0.4, -0.2) is 0 Å². The zero-order chi connectivity index (χ0) is 32.0. The van der Waals surface area contributed by atoms with Crippen molar-refractivity contribution < 1.29 is 0 Å². The van der Waals surface area contributed by atoms with Gasteiger partial charge >= 0.3 is 0 Å². The molecule has 0 aliphatic carbocycles. The summed E-state index contributed by atoms with van der Waals surface area (Å²) in [5, 5.41) is 20.2. The van der Waals surface area contributed by atoms with Crippen LogP contribution < -0.4 is 0 Å². The molecular weight excluding hydrogens is 579 g/mol. The Morgan fingerprint density at radius 2 is 0.604 bits per heavy atom. The first-order chi connectivity index (χ1) is 23.8. The maximum Gasteiger partial charge on any atom is 0.0998 e. The number of benzene rings is 9. The molecule has 0 bridgehead atoms. The fourth-order valence-electron chi connectivity index (χ4n) is 7.70. The zero-order valence-corrected chi connectivity index (χ0v) is 26.2. The van der Waals surface area contributed by atoms with Crippen LogP contribution in [0.4, 0.5) is 0 Å². The Morgan fingerprint density at radius 1 is 0.292 bits per heavy atom. The summed E-state index contributed by atoms with van der Waals surface area (Å²) < 4.78 is 0. The molecule has 0 unspecified atom stereocenters. The molecule has 9 rings (SSSR count). The summed E-state index contributed by atoms with van der Waals surface area (Å²) in [6.45, 7) is 0. The van der Waals surface area contributed by atoms with Gasteiger partial charge in [-0.15, -0.1) is 0 Å². The minimum atomic E-state index is 0.663. The van der Waals surface area contributed by atoms with Crippen LogP contribution in [0.5, 0.6) is 0 Å². The van der Waals surface area contributed by atoms with E-state index < -0.39 is 0 Å². The van der Waals surface area contributed by atoms with E-state index in [0.29, 0.717) is 5.56 Å². The smallest absolute Gasteiger partial charge is 0.0998 e. The highest BCUT2D eigenvalue weighted by molar-refractivity contribution is 6.23. The lowest BCUT2D eigenvalue weighted by Gasteiger charge is -2.20. The Morgan fingerprint density at radius 3 is 0.958 bits per heavy atom. The molecule has 0 aliphatic rings. The molecule has 0 aliphatic heterocycles. The van der Waals surface area contributed by atoms with Gasteiger partial charge in [0.05, 0.1) is 11.6 Å². The van der Waals surface area contributed by atoms with Gasteiger partial charge in [-0.25, -0.2) is 0 Å². The van der Waals surface area contributed by atoms with E-state index in [1.54, 1.807) is 0 Å². The van der Waals surface area contributed by atoms with E-state index in [1.165, 1.54) is 54.6 Å². The third-order valence-corrected chi connectivity index (χ3v) is 9.69. The first-order valence-electron chi connectivity index (χ1n) is 16.3. The van der Waals surface area contributed by atoms with Gasteiger partial charge in [0.2, 0.25) is 0 Å². The second-order valence-electron chi connectivity index (χ2n) is 12.3. The van der Waals surface area contributed by atoms with E-state index in [2.05, 4.69) is 182 Å². The largest absolute Gasteiger partial charge is 0.192 e. The molecule has 0 spiro atoms. The number of hydrogen-bond donors (Lipinski definition) is 0. The predicted octanol–water partition coefficient (Wildman–Crippen LogP) is 12.8. The first kappa shape index (κ1) is 27.8. The predicted molar refractivity (Wildman–Crippen MR) is 203 cm³/mol. The molecule has 0 fully saturated rings. The SMILES string of the molecule is N#Cc1cc(-c2c3ccccc3c(-c3ccccc3)c3ccccc23)ccc1-c1c2ccccc2c(-c2ccccc2)c2ccccc12. The van der Waals surface area contributed by atoms with Gasteiger partial charge in [0, 0.05) is 5.56 Å². The highest BCUT2D eigenvalue weighted by atomic mass is 14.3. The molecule has 0 heterocycles. The van der Waals surface area contributed by atoms with Crippen molar-refractivity contribution in [3.63, 3.8) is 0 Å². The molecular formula is C47H29N. The highest BCUT2D eigenvalue weighted by Gasteiger charge is 2.21. The highest BCUT2D eigenvalue weighted by Crippen LogP contribution is 2.47. The average Bonchev–Trinajstić information content (AvgIpc) is 3.16. The zero-order valence-electron chi connectivity index (χ0n) is 26.2. The van der Waals surface area contributed by atoms with Gasteiger partial charge in [-0.2, -0.15) is 5.26 Å². The summed E-state index contributed by atoms with van der Waals surface area (Å²) in [5.74, 6) is 0. The maximum absolute atomic E-state index is 10.8. The summed E-state index contributed by atoms with van der Waals surface area (Å²) in [6.07, 6.45) is 0. The van der Waals surface area contributed by atoms with Gasteiger partial charge in [-0.05, 0) is 88.1 Å². The molecule has 0 amide bonds. The molecule has 1 nitrogen and oxygen atoms in total. The Balaban J connectivity index is 1.33. The molecule has 222 valence electrons. The molecule has 0 N–H and O–H groups in total. The summed E-state index contributed by atoms with van der Waals surface area (Å²) in [7, 11) is 0. The third-order valence-electron chi connectivity index (χ3n) is 9.69. The summed E-state index contributed by atoms with van der Waals surface area (Å²) in [4.78, 5) is 0. The average molecular weight is 608 g/mol. The summed E-state index contributed by atoms with van der Waals surface area (Å²) >= 11 is 0. The molecule has 0 saturated carbocycles. The number of rotatable bonds is 4. The van der Waals surface area contributed by atoms with Crippen molar-refractivity contribution in [1.29, 1.82) is 5.26 Å². The fraction of sp³-hybridized carbons (Fsp3) is 0. The number of hydrogen-bond acceptors (Lipinski definition) is 1. The Kier molecular flexibility index (Phi) is 6.59. The molecule has 0 saturated heterocycles. The van der Waals surface area contributed by atoms with Crippen molar-refractivity contribution >= 4 is 43.1 Å². The number of fused-ring (bicyclic) bond motifs is 4. The van der Waals surface area contributed by atoms with E-state index in [4.69, 9.17) is 0 Å². The summed E-state index contributed by atoms with van der Waals surface area (Å²) in [6, 6.07) is 64.9. The van der Waals surface area contributed by atoms with Crippen LogP contribution in [0.2, 0.25) is 0 Å². The molecule has 48 heavy (non-hydrogen) atoms. The topological polar surface area (TPSA) is 23.8 Å². The van der Waals surface area contributed by atoms with E-state index in [9.17, 15) is 5.26 Å². The van der Waals surface area contributed by atoms with E-state index in [1.807, 2.05) is 0 Å². The molecule has 9 aromatic rings. The van der Waals surface area contributed by atoms with Crippen molar-refractivity contribution in [2.24, 2.45) is 0 Å². The molecule has 1 heteroatoms. The van der Waals surface area contributed by atoms with Crippen molar-refractivity contribution in [1.82, 2.24) is 0 Å². The van der Waals surface area contributed by atoms with Gasteiger partial charge in [-0.1, -0.05) is 170 Å². The lowest BCUT2D eigenvalue weighted by Crippen LogP contribution is -1.94. The lowest BCUT2D eigenvalue weighted by atomic mass is 9.83. The first-order valence-corrected chi connectivity index (χ1v) is 16.3. The van der Waals surface area contributed by atoms with Crippen molar-refractivity contribution in [2.45, 2.75) is 0 Å². The van der Waals surface area contributed by atoms with Crippen molar-refractivity contribution in [2.75, 3.05) is 0 Å². The standard InChI is InChI=1S/C47H29N/c48-30-34-29-33(46-38-21-9-7-19-36(38)44(31-15-3-1-4-16-31)37-20-8-10-22-39(37)46)27-28-35(34)47-42-25-13-11-23-40(42)45(32-17-5-2-6-18-32)41-24-12-14-26-43(41)47/h1-29H. The van der Waals surface area contributed by atoms with Crippen LogP contribution in [0.25, 0.3) is 87.6 Å². The minimum Gasteiger partial charge on any atom is -0.192 e. The van der Waals surface area contributed by atoms with Crippen LogP contribution in [0, 0.1) is 11.3 Å². The molecule has 0 aromatic heterocycles. The van der Waals surface area contributed by atoms with Gasteiger partial charge in [0.15, 0.2) is 0 Å². The van der Waals surface area contributed by atoms with E-state index in [0.717, 1.165) is 33.0 Å². The van der Waals surface area contributed by atoms with Crippen LogP contribution in [0.3, 0.4) is 0 Å². The van der Waals surface area contributed by atoms with Gasteiger partial charge in [0.25, 0.3) is 0 Å². The minimum absolute atomic E-state index is 0.663. The molecule has 0 atom stereocenters. The van der Waals surface area contributed by atoms with Gasteiger partial charge < -0.3 is 0 Å². The second kappa shape index (κ2) is 11.4. The van der Waals surface area contributed by atoms with Crippen LogP contribution in [0.1, 0.15) is 5.56 Å². The number of nitriles is 1.